The highest BCUT2D eigenvalue weighted by molar-refractivity contribution is 7.14. The molecule has 8 heteroatoms. The van der Waals surface area contributed by atoms with Crippen molar-refractivity contribution in [1.82, 2.24) is 4.98 Å². The minimum Gasteiger partial charge on any atom is -0.492 e. The van der Waals surface area contributed by atoms with E-state index >= 15 is 0 Å². The number of aromatic nitrogens is 1. The Morgan fingerprint density at radius 1 is 1.60 bits per heavy atom. The lowest BCUT2D eigenvalue weighted by Gasteiger charge is -1.98. The Kier molecular flexibility index (Phi) is 3.18. The average molecular weight is 241 g/mol. The molecule has 1 aromatic rings. The van der Waals surface area contributed by atoms with Gasteiger partial charge in [-0.3, -0.25) is 0 Å². The van der Waals surface area contributed by atoms with E-state index in [0.717, 1.165) is 0 Å². The van der Waals surface area contributed by atoms with Crippen LogP contribution in [0, 0.1) is 0 Å². The number of rotatable bonds is 2. The molecule has 1 heterocycles. The predicted molar refractivity (Wildman–Crippen MR) is 44.7 cm³/mol. The van der Waals surface area contributed by atoms with Crippen LogP contribution >= 0.6 is 11.3 Å². The van der Waals surface area contributed by atoms with Crippen molar-refractivity contribution in [3.63, 3.8) is 0 Å². The standard InChI is InChI=1S/C7H6F3NO3S/c1-2-14-5(13)3-4(12)11-6(15-3)7(8,9)10/h12H,2H2,1H3. The highest BCUT2D eigenvalue weighted by Gasteiger charge is 2.37. The van der Waals surface area contributed by atoms with Crippen LogP contribution < -0.4 is 0 Å². The summed E-state index contributed by atoms with van der Waals surface area (Å²) in [4.78, 5) is 13.3. The van der Waals surface area contributed by atoms with Crippen molar-refractivity contribution in [1.29, 1.82) is 0 Å². The molecule has 1 N–H and O–H groups in total. The Hall–Kier alpha value is -1.31. The van der Waals surface area contributed by atoms with Gasteiger partial charge in [0, 0.05) is 0 Å². The van der Waals surface area contributed by atoms with Crippen LogP contribution in [0.25, 0.3) is 0 Å². The number of aromatic hydroxyl groups is 1. The van der Waals surface area contributed by atoms with Crippen LogP contribution in [0.1, 0.15) is 21.6 Å². The molecule has 1 aromatic heterocycles. The fourth-order valence-electron chi connectivity index (χ4n) is 0.763. The van der Waals surface area contributed by atoms with Gasteiger partial charge in [-0.05, 0) is 6.92 Å². The van der Waals surface area contributed by atoms with E-state index in [0.29, 0.717) is 0 Å². The molecule has 0 spiro atoms. The van der Waals surface area contributed by atoms with Crippen LogP contribution in [0.4, 0.5) is 13.2 Å². The van der Waals surface area contributed by atoms with E-state index < -0.39 is 27.9 Å². The molecular formula is C7H6F3NO3S. The summed E-state index contributed by atoms with van der Waals surface area (Å²) in [5.41, 5.74) is 0. The topological polar surface area (TPSA) is 59.4 Å². The molecule has 4 nitrogen and oxygen atoms in total. The zero-order valence-corrected chi connectivity index (χ0v) is 8.28. The highest BCUT2D eigenvalue weighted by atomic mass is 32.1. The number of carbonyl (C=O) groups is 1. The van der Waals surface area contributed by atoms with Crippen LogP contribution in [-0.2, 0) is 10.9 Å². The maximum absolute atomic E-state index is 12.1. The van der Waals surface area contributed by atoms with Crippen LogP contribution in [-0.4, -0.2) is 22.7 Å². The number of nitrogens with zero attached hydrogens (tertiary/aromatic N) is 1. The fourth-order valence-corrected chi connectivity index (χ4v) is 1.48. The lowest BCUT2D eigenvalue weighted by Crippen LogP contribution is -2.03. The predicted octanol–water partition coefficient (Wildman–Crippen LogP) is 2.04. The summed E-state index contributed by atoms with van der Waals surface area (Å²) in [6.45, 7) is 1.51. The third-order valence-corrected chi connectivity index (χ3v) is 2.38. The summed E-state index contributed by atoms with van der Waals surface area (Å²) in [6.07, 6.45) is -4.67. The van der Waals surface area contributed by atoms with Gasteiger partial charge in [0.25, 0.3) is 0 Å². The quantitative estimate of drug-likeness (QED) is 0.805. The molecule has 0 aromatic carbocycles. The van der Waals surface area contributed by atoms with E-state index in [1.54, 1.807) is 0 Å². The number of thiazole rings is 1. The van der Waals surface area contributed by atoms with E-state index in [2.05, 4.69) is 9.72 Å². The van der Waals surface area contributed by atoms with Crippen LogP contribution in [0.15, 0.2) is 0 Å². The normalized spacial score (nSPS) is 11.5. The van der Waals surface area contributed by atoms with Crippen LogP contribution in [0.3, 0.4) is 0 Å². The molecule has 15 heavy (non-hydrogen) atoms. The van der Waals surface area contributed by atoms with Crippen LogP contribution in [0.2, 0.25) is 0 Å². The first-order valence-electron chi connectivity index (χ1n) is 3.80. The summed E-state index contributed by atoms with van der Waals surface area (Å²) >= 11 is 0.0538. The number of hydrogen-bond acceptors (Lipinski definition) is 5. The first kappa shape index (κ1) is 11.8. The van der Waals surface area contributed by atoms with Gasteiger partial charge in [-0.15, -0.1) is 0 Å². The minimum absolute atomic E-state index is 0.0114. The minimum atomic E-state index is -4.67. The molecule has 0 amide bonds. The third-order valence-electron chi connectivity index (χ3n) is 1.31. The summed E-state index contributed by atoms with van der Waals surface area (Å²) in [5, 5.41) is 7.72. The molecule has 0 radical (unpaired) electrons. The second-order valence-corrected chi connectivity index (χ2v) is 3.39. The molecule has 84 valence electrons. The maximum atomic E-state index is 12.1. The van der Waals surface area contributed by atoms with Crippen molar-refractivity contribution < 1.29 is 27.8 Å². The van der Waals surface area contributed by atoms with Gasteiger partial charge in [0.2, 0.25) is 10.9 Å². The third kappa shape index (κ3) is 2.58. The molecule has 0 atom stereocenters. The second-order valence-electron chi connectivity index (χ2n) is 2.39. The maximum Gasteiger partial charge on any atom is 0.443 e. The van der Waals surface area contributed by atoms with Crippen LogP contribution in [0.5, 0.6) is 5.88 Å². The van der Waals surface area contributed by atoms with Gasteiger partial charge in [-0.25, -0.2) is 4.79 Å². The summed E-state index contributed by atoms with van der Waals surface area (Å²) in [6, 6.07) is 0. The summed E-state index contributed by atoms with van der Waals surface area (Å²) in [7, 11) is 0. The Balaban J connectivity index is 3.02. The van der Waals surface area contributed by atoms with Gasteiger partial charge in [-0.1, -0.05) is 11.3 Å². The first-order chi connectivity index (χ1) is 6.86. The Morgan fingerprint density at radius 2 is 2.20 bits per heavy atom. The number of esters is 1. The monoisotopic (exact) mass is 241 g/mol. The molecule has 0 aliphatic carbocycles. The summed E-state index contributed by atoms with van der Waals surface area (Å²) < 4.78 is 40.8. The number of alkyl halides is 3. The SMILES string of the molecule is CCOC(=O)c1sc(C(F)(F)F)nc1O. The van der Waals surface area contributed by atoms with Crippen molar-refractivity contribution in [3.8, 4) is 5.88 Å². The smallest absolute Gasteiger partial charge is 0.443 e. The van der Waals surface area contributed by atoms with Gasteiger partial charge in [-0.2, -0.15) is 18.2 Å². The number of halogens is 3. The molecule has 0 aliphatic rings. The van der Waals surface area contributed by atoms with E-state index in [1.807, 2.05) is 0 Å². The highest BCUT2D eigenvalue weighted by Crippen LogP contribution is 2.36. The van der Waals surface area contributed by atoms with E-state index in [4.69, 9.17) is 5.11 Å². The average Bonchev–Trinajstić information content (AvgIpc) is 2.47. The molecule has 0 unspecified atom stereocenters. The van der Waals surface area contributed by atoms with Gasteiger partial charge in [0.15, 0.2) is 4.88 Å². The molecule has 0 fully saturated rings. The Labute approximate surface area is 86.3 Å². The van der Waals surface area contributed by atoms with Crippen molar-refractivity contribution in [2.75, 3.05) is 6.61 Å². The Morgan fingerprint density at radius 3 is 2.60 bits per heavy atom. The summed E-state index contributed by atoms with van der Waals surface area (Å²) in [5.74, 6) is -1.96. The van der Waals surface area contributed by atoms with E-state index in [-0.39, 0.29) is 17.9 Å². The second kappa shape index (κ2) is 4.05. The van der Waals surface area contributed by atoms with Gasteiger partial charge in [0.05, 0.1) is 6.61 Å². The molecule has 0 bridgehead atoms. The number of carbonyl (C=O) groups excluding carboxylic acids is 1. The molecule has 0 saturated carbocycles. The van der Waals surface area contributed by atoms with Crippen molar-refractivity contribution >= 4 is 17.3 Å². The van der Waals surface area contributed by atoms with Crippen molar-refractivity contribution in [3.05, 3.63) is 9.88 Å². The van der Waals surface area contributed by atoms with Gasteiger partial charge < -0.3 is 9.84 Å². The largest absolute Gasteiger partial charge is 0.492 e. The molecule has 1 rings (SSSR count). The zero-order valence-electron chi connectivity index (χ0n) is 7.46. The number of hydrogen-bond donors (Lipinski definition) is 1. The first-order valence-corrected chi connectivity index (χ1v) is 4.62. The molecule has 0 aliphatic heterocycles. The molecular weight excluding hydrogens is 235 g/mol. The Bertz CT molecular complexity index is 374. The van der Waals surface area contributed by atoms with Gasteiger partial charge in [0.1, 0.15) is 0 Å². The fraction of sp³-hybridized carbons (Fsp3) is 0.429. The lowest BCUT2D eigenvalue weighted by atomic mass is 10.5. The van der Waals surface area contributed by atoms with Gasteiger partial charge >= 0.3 is 12.1 Å². The van der Waals surface area contributed by atoms with E-state index in [1.165, 1.54) is 6.92 Å². The zero-order chi connectivity index (χ0) is 11.6. The lowest BCUT2D eigenvalue weighted by molar-refractivity contribution is -0.137. The molecule has 0 saturated heterocycles. The van der Waals surface area contributed by atoms with E-state index in [9.17, 15) is 18.0 Å². The van der Waals surface area contributed by atoms with Crippen molar-refractivity contribution in [2.24, 2.45) is 0 Å². The van der Waals surface area contributed by atoms with Crippen molar-refractivity contribution in [2.45, 2.75) is 13.1 Å². The number of ether oxygens (including phenoxy) is 1.